The first-order valence-corrected chi connectivity index (χ1v) is 6.17. The molecule has 0 radical (unpaired) electrons. The second-order valence-electron chi connectivity index (χ2n) is 4.68. The van der Waals surface area contributed by atoms with E-state index in [2.05, 4.69) is 62.2 Å². The summed E-state index contributed by atoms with van der Waals surface area (Å²) < 4.78 is 0. The third-order valence-electron chi connectivity index (χ3n) is 3.41. The normalized spacial score (nSPS) is 10.7. The average molecular weight is 231 g/mol. The van der Waals surface area contributed by atoms with Gasteiger partial charge in [0.05, 0.1) is 5.52 Å². The highest BCUT2D eigenvalue weighted by molar-refractivity contribution is 6.32. The fraction of sp³-hybridized carbons (Fsp3) is 0.0625. The maximum Gasteiger partial charge on any atom is 0.139 e. The van der Waals surface area contributed by atoms with E-state index < -0.39 is 0 Å². The maximum atomic E-state index is 4.54. The molecule has 86 valence electrons. The number of pyridine rings is 1. The van der Waals surface area contributed by atoms with Crippen LogP contribution in [0.15, 0.2) is 54.7 Å². The lowest BCUT2D eigenvalue weighted by atomic mass is 9.92. The van der Waals surface area contributed by atoms with Crippen molar-refractivity contribution in [2.75, 3.05) is 0 Å². The van der Waals surface area contributed by atoms with Gasteiger partial charge in [-0.2, -0.15) is 0 Å². The second-order valence-corrected chi connectivity index (χ2v) is 4.68. The summed E-state index contributed by atoms with van der Waals surface area (Å²) >= 11 is 0. The molecule has 3 rings (SSSR count). The molecule has 1 aromatic heterocycles. The maximum absolute atomic E-state index is 4.54. The second kappa shape index (κ2) is 4.30. The van der Waals surface area contributed by atoms with Crippen LogP contribution >= 0.6 is 0 Å². The topological polar surface area (TPSA) is 12.9 Å². The molecule has 0 saturated heterocycles. The first-order valence-electron chi connectivity index (χ1n) is 6.17. The fourth-order valence-electron chi connectivity index (χ4n) is 2.30. The molecule has 1 nitrogen and oxygen atoms in total. The third-order valence-corrected chi connectivity index (χ3v) is 3.41. The van der Waals surface area contributed by atoms with Crippen LogP contribution in [0, 0.1) is 6.92 Å². The van der Waals surface area contributed by atoms with E-state index in [-0.39, 0.29) is 0 Å². The molecule has 18 heavy (non-hydrogen) atoms. The largest absolute Gasteiger partial charge is 0.256 e. The van der Waals surface area contributed by atoms with Gasteiger partial charge in [-0.1, -0.05) is 47.9 Å². The van der Waals surface area contributed by atoms with Crippen LogP contribution in [0.1, 0.15) is 5.56 Å². The smallest absolute Gasteiger partial charge is 0.139 e. The molecule has 0 fully saturated rings. The Hall–Kier alpha value is -2.09. The predicted molar refractivity (Wildman–Crippen MR) is 80.1 cm³/mol. The van der Waals surface area contributed by atoms with Gasteiger partial charge in [-0.3, -0.25) is 4.98 Å². The van der Waals surface area contributed by atoms with Crippen molar-refractivity contribution in [2.24, 2.45) is 0 Å². The quantitative estimate of drug-likeness (QED) is 0.586. The molecule has 2 aromatic carbocycles. The summed E-state index contributed by atoms with van der Waals surface area (Å²) in [5.74, 6) is 0. The van der Waals surface area contributed by atoms with Gasteiger partial charge >= 0.3 is 0 Å². The van der Waals surface area contributed by atoms with Gasteiger partial charge in [-0.05, 0) is 24.1 Å². The minimum atomic E-state index is 1.06. The highest BCUT2D eigenvalue weighted by atomic mass is 14.7. The predicted octanol–water partition coefficient (Wildman–Crippen LogP) is 2.47. The van der Waals surface area contributed by atoms with Gasteiger partial charge in [-0.25, -0.2) is 0 Å². The van der Waals surface area contributed by atoms with Crippen molar-refractivity contribution in [3.63, 3.8) is 0 Å². The van der Waals surface area contributed by atoms with Crippen molar-refractivity contribution in [3.8, 4) is 11.1 Å². The van der Waals surface area contributed by atoms with Crippen LogP contribution in [0.3, 0.4) is 0 Å². The standard InChI is InChI=1S/C16H14BN/c1-11-14-4-2-3-5-16(14)18-10-15(11)12-6-8-13(17)9-7-12/h2-10H,17H2,1H3. The summed E-state index contributed by atoms with van der Waals surface area (Å²) in [4.78, 5) is 4.54. The van der Waals surface area contributed by atoms with Gasteiger partial charge < -0.3 is 0 Å². The number of para-hydroxylation sites is 1. The molecular formula is C16H14BN. The van der Waals surface area contributed by atoms with Crippen molar-refractivity contribution in [1.82, 2.24) is 4.98 Å². The minimum absolute atomic E-state index is 1.06. The molecule has 3 aromatic rings. The van der Waals surface area contributed by atoms with E-state index in [1.807, 2.05) is 12.3 Å². The van der Waals surface area contributed by atoms with E-state index in [1.165, 1.54) is 27.5 Å². The lowest BCUT2D eigenvalue weighted by Crippen LogP contribution is -1.99. The van der Waals surface area contributed by atoms with Crippen LogP contribution in [0.4, 0.5) is 0 Å². The molecule has 0 aliphatic rings. The molecule has 0 spiro atoms. The van der Waals surface area contributed by atoms with Crippen molar-refractivity contribution >= 4 is 24.2 Å². The first kappa shape index (κ1) is 11.0. The molecular weight excluding hydrogens is 217 g/mol. The van der Waals surface area contributed by atoms with Gasteiger partial charge in [-0.15, -0.1) is 0 Å². The molecule has 2 heteroatoms. The number of aryl methyl sites for hydroxylation is 1. The molecule has 1 heterocycles. The third kappa shape index (κ3) is 1.80. The summed E-state index contributed by atoms with van der Waals surface area (Å²) in [6, 6.07) is 16.9. The summed E-state index contributed by atoms with van der Waals surface area (Å²) in [6.45, 7) is 2.17. The van der Waals surface area contributed by atoms with E-state index in [0.29, 0.717) is 0 Å². The molecule has 0 atom stereocenters. The van der Waals surface area contributed by atoms with Crippen LogP contribution < -0.4 is 5.46 Å². The van der Waals surface area contributed by atoms with Crippen LogP contribution in [0.5, 0.6) is 0 Å². The van der Waals surface area contributed by atoms with Gasteiger partial charge in [0.25, 0.3) is 0 Å². The van der Waals surface area contributed by atoms with Gasteiger partial charge in [0.1, 0.15) is 7.85 Å². The SMILES string of the molecule is Bc1ccc(-c2cnc3ccccc3c2C)cc1. The lowest BCUT2D eigenvalue weighted by molar-refractivity contribution is 1.36. The van der Waals surface area contributed by atoms with E-state index in [0.717, 1.165) is 5.52 Å². The van der Waals surface area contributed by atoms with E-state index in [4.69, 9.17) is 0 Å². The highest BCUT2D eigenvalue weighted by Crippen LogP contribution is 2.27. The zero-order valence-electron chi connectivity index (χ0n) is 10.6. The summed E-state index contributed by atoms with van der Waals surface area (Å²) in [5.41, 5.74) is 6.09. The summed E-state index contributed by atoms with van der Waals surface area (Å²) in [6.07, 6.45) is 1.97. The van der Waals surface area contributed by atoms with Crippen LogP contribution in [0.2, 0.25) is 0 Å². The Morgan fingerprint density at radius 3 is 2.44 bits per heavy atom. The molecule has 0 aliphatic heterocycles. The summed E-state index contributed by atoms with van der Waals surface area (Å²) in [5, 5.41) is 1.23. The fourth-order valence-corrected chi connectivity index (χ4v) is 2.30. The number of hydrogen-bond acceptors (Lipinski definition) is 1. The molecule has 0 N–H and O–H groups in total. The van der Waals surface area contributed by atoms with Crippen molar-refractivity contribution < 1.29 is 0 Å². The average Bonchev–Trinajstić information content (AvgIpc) is 2.41. The number of hydrogen-bond donors (Lipinski definition) is 0. The zero-order chi connectivity index (χ0) is 12.5. The first-order chi connectivity index (χ1) is 8.75. The minimum Gasteiger partial charge on any atom is -0.256 e. The number of rotatable bonds is 1. The lowest BCUT2D eigenvalue weighted by Gasteiger charge is -2.09. The Balaban J connectivity index is 2.24. The van der Waals surface area contributed by atoms with Crippen molar-refractivity contribution in [1.29, 1.82) is 0 Å². The Morgan fingerprint density at radius 2 is 1.67 bits per heavy atom. The molecule has 0 saturated carbocycles. The van der Waals surface area contributed by atoms with Crippen LogP contribution in [-0.2, 0) is 0 Å². The van der Waals surface area contributed by atoms with Crippen LogP contribution in [0.25, 0.3) is 22.0 Å². The van der Waals surface area contributed by atoms with Gasteiger partial charge in [0.2, 0.25) is 0 Å². The van der Waals surface area contributed by atoms with Crippen LogP contribution in [-0.4, -0.2) is 12.8 Å². The zero-order valence-corrected chi connectivity index (χ0v) is 10.6. The Labute approximate surface area is 108 Å². The van der Waals surface area contributed by atoms with E-state index in [9.17, 15) is 0 Å². The summed E-state index contributed by atoms with van der Waals surface area (Å²) in [7, 11) is 2.11. The molecule has 0 amide bonds. The van der Waals surface area contributed by atoms with Gasteiger partial charge in [0, 0.05) is 17.1 Å². The number of fused-ring (bicyclic) bond motifs is 1. The van der Waals surface area contributed by atoms with Crippen molar-refractivity contribution in [2.45, 2.75) is 6.92 Å². The van der Waals surface area contributed by atoms with E-state index >= 15 is 0 Å². The Bertz CT molecular complexity index is 702. The molecule has 0 aliphatic carbocycles. The highest BCUT2D eigenvalue weighted by Gasteiger charge is 2.06. The Morgan fingerprint density at radius 1 is 0.944 bits per heavy atom. The monoisotopic (exact) mass is 231 g/mol. The Kier molecular flexibility index (Phi) is 2.64. The van der Waals surface area contributed by atoms with E-state index in [1.54, 1.807) is 0 Å². The number of nitrogens with zero attached hydrogens (tertiary/aromatic N) is 1. The molecule has 0 unspecified atom stereocenters. The molecule has 0 bridgehead atoms. The number of benzene rings is 2. The van der Waals surface area contributed by atoms with Crippen molar-refractivity contribution in [3.05, 3.63) is 60.3 Å². The van der Waals surface area contributed by atoms with Gasteiger partial charge in [0.15, 0.2) is 0 Å². The number of aromatic nitrogens is 1.